The van der Waals surface area contributed by atoms with Crippen LogP contribution in [0, 0.1) is 0 Å². The Morgan fingerprint density at radius 3 is 2.40 bits per heavy atom. The second-order valence-corrected chi connectivity index (χ2v) is 3.22. The number of primary sulfonamides is 1. The van der Waals surface area contributed by atoms with Crippen LogP contribution in [0.15, 0.2) is 11.1 Å². The van der Waals surface area contributed by atoms with Gasteiger partial charge in [0.1, 0.15) is 10.7 Å². The summed E-state index contributed by atoms with van der Waals surface area (Å²) < 4.78 is 21.1. The van der Waals surface area contributed by atoms with Gasteiger partial charge in [-0.05, 0) is 0 Å². The molecule has 56 valence electrons. The molecule has 1 aromatic heterocycles. The van der Waals surface area contributed by atoms with E-state index in [2.05, 4.69) is 10.2 Å². The highest BCUT2D eigenvalue weighted by molar-refractivity contribution is 7.89. The number of nitrogens with zero attached hydrogens (tertiary/aromatic N) is 1. The first kappa shape index (κ1) is 7.03. The number of aromatic amines is 1. The number of sulfonamides is 1. The average molecular weight is 162 g/mol. The van der Waals surface area contributed by atoms with E-state index < -0.39 is 10.0 Å². The van der Waals surface area contributed by atoms with Crippen LogP contribution in [0.2, 0.25) is 0 Å². The molecule has 0 aromatic carbocycles. The maximum atomic E-state index is 10.6. The topological polar surface area (TPSA) is 115 Å². The highest BCUT2D eigenvalue weighted by Crippen LogP contribution is 2.10. The van der Waals surface area contributed by atoms with E-state index in [9.17, 15) is 8.42 Å². The zero-order chi connectivity index (χ0) is 7.78. The molecule has 1 heterocycles. The number of H-pyrrole nitrogens is 1. The minimum atomic E-state index is -3.71. The van der Waals surface area contributed by atoms with Gasteiger partial charge in [-0.15, -0.1) is 0 Å². The minimum absolute atomic E-state index is 0.0394. The lowest BCUT2D eigenvalue weighted by atomic mass is 10.7. The quantitative estimate of drug-likeness (QED) is 0.473. The zero-order valence-corrected chi connectivity index (χ0v) is 5.72. The molecule has 7 heteroatoms. The van der Waals surface area contributed by atoms with Gasteiger partial charge in [0.15, 0.2) is 0 Å². The normalized spacial score (nSPS) is 11.7. The lowest BCUT2D eigenvalue weighted by Crippen LogP contribution is -2.12. The van der Waals surface area contributed by atoms with E-state index in [1.54, 1.807) is 0 Å². The van der Waals surface area contributed by atoms with Crippen molar-refractivity contribution in [2.75, 3.05) is 5.73 Å². The van der Waals surface area contributed by atoms with Crippen molar-refractivity contribution in [1.82, 2.24) is 10.2 Å². The Hall–Kier alpha value is -1.08. The van der Waals surface area contributed by atoms with Crippen molar-refractivity contribution in [3.8, 4) is 0 Å². The molecule has 0 fully saturated rings. The average Bonchev–Trinajstić information content (AvgIpc) is 2.11. The largest absolute Gasteiger partial charge is 0.383 e. The summed E-state index contributed by atoms with van der Waals surface area (Å²) in [6, 6.07) is 0. The SMILES string of the molecule is Nc1[nH]ncc1S(N)(=O)=O. The Balaban J connectivity index is 3.32. The molecule has 0 aliphatic heterocycles. The molecule has 0 unspecified atom stereocenters. The third-order valence-corrected chi connectivity index (χ3v) is 1.88. The predicted molar refractivity (Wildman–Crippen MR) is 34.4 cm³/mol. The Morgan fingerprint density at radius 2 is 2.20 bits per heavy atom. The maximum Gasteiger partial charge on any atom is 0.243 e. The number of nitrogens with two attached hydrogens (primary N) is 2. The number of nitrogens with one attached hydrogen (secondary N) is 1. The van der Waals surface area contributed by atoms with Crippen molar-refractivity contribution in [2.24, 2.45) is 5.14 Å². The molecule has 0 saturated heterocycles. The van der Waals surface area contributed by atoms with E-state index in [0.29, 0.717) is 0 Å². The van der Waals surface area contributed by atoms with Gasteiger partial charge in [-0.2, -0.15) is 5.10 Å². The smallest absolute Gasteiger partial charge is 0.243 e. The van der Waals surface area contributed by atoms with Crippen molar-refractivity contribution in [2.45, 2.75) is 4.90 Å². The van der Waals surface area contributed by atoms with Gasteiger partial charge in [-0.25, -0.2) is 13.6 Å². The summed E-state index contributed by atoms with van der Waals surface area (Å²) in [5.74, 6) is -0.0394. The summed E-state index contributed by atoms with van der Waals surface area (Å²) in [4.78, 5) is -0.174. The van der Waals surface area contributed by atoms with E-state index in [1.165, 1.54) is 0 Å². The summed E-state index contributed by atoms with van der Waals surface area (Å²) in [7, 11) is -3.71. The van der Waals surface area contributed by atoms with Gasteiger partial charge in [0, 0.05) is 0 Å². The first-order valence-electron chi connectivity index (χ1n) is 2.33. The number of hydrogen-bond donors (Lipinski definition) is 3. The fourth-order valence-electron chi connectivity index (χ4n) is 0.512. The first-order valence-corrected chi connectivity index (χ1v) is 3.88. The molecule has 0 atom stereocenters. The molecule has 0 saturated carbocycles. The van der Waals surface area contributed by atoms with Crippen LogP contribution < -0.4 is 10.9 Å². The first-order chi connectivity index (χ1) is 4.52. The van der Waals surface area contributed by atoms with Gasteiger partial charge in [-0.1, -0.05) is 0 Å². The van der Waals surface area contributed by atoms with Crippen LogP contribution in [0.5, 0.6) is 0 Å². The van der Waals surface area contributed by atoms with E-state index in [0.717, 1.165) is 6.20 Å². The van der Waals surface area contributed by atoms with E-state index in [4.69, 9.17) is 10.9 Å². The maximum absolute atomic E-state index is 10.6. The number of rotatable bonds is 1. The van der Waals surface area contributed by atoms with E-state index in [1.807, 2.05) is 0 Å². The highest BCUT2D eigenvalue weighted by Gasteiger charge is 2.12. The third kappa shape index (κ3) is 1.09. The minimum Gasteiger partial charge on any atom is -0.383 e. The fraction of sp³-hybridized carbons (Fsp3) is 0. The van der Waals surface area contributed by atoms with Crippen molar-refractivity contribution in [1.29, 1.82) is 0 Å². The van der Waals surface area contributed by atoms with E-state index in [-0.39, 0.29) is 10.7 Å². The molecule has 0 bridgehead atoms. The van der Waals surface area contributed by atoms with Crippen LogP contribution in [-0.2, 0) is 10.0 Å². The second-order valence-electron chi connectivity index (χ2n) is 1.69. The number of anilines is 1. The molecule has 0 aliphatic rings. The van der Waals surface area contributed by atoms with Crippen LogP contribution in [0.3, 0.4) is 0 Å². The van der Waals surface area contributed by atoms with Gasteiger partial charge >= 0.3 is 0 Å². The summed E-state index contributed by atoms with van der Waals surface area (Å²) in [5.41, 5.74) is 5.15. The number of hydrogen-bond acceptors (Lipinski definition) is 4. The monoisotopic (exact) mass is 162 g/mol. The molecule has 0 amide bonds. The Bertz CT molecular complexity index is 326. The molecule has 0 radical (unpaired) electrons. The van der Waals surface area contributed by atoms with Crippen molar-refractivity contribution in [3.05, 3.63) is 6.20 Å². The van der Waals surface area contributed by atoms with Crippen LogP contribution in [-0.4, -0.2) is 18.6 Å². The van der Waals surface area contributed by atoms with Gasteiger partial charge in [0.05, 0.1) is 6.20 Å². The number of nitrogen functional groups attached to an aromatic ring is 1. The van der Waals surface area contributed by atoms with Crippen molar-refractivity contribution in [3.63, 3.8) is 0 Å². The Kier molecular flexibility index (Phi) is 1.38. The van der Waals surface area contributed by atoms with Gasteiger partial charge < -0.3 is 5.73 Å². The predicted octanol–water partition coefficient (Wildman–Crippen LogP) is -1.36. The molecule has 6 nitrogen and oxygen atoms in total. The van der Waals surface area contributed by atoms with Gasteiger partial charge in [0.2, 0.25) is 10.0 Å². The Labute approximate surface area is 57.3 Å². The fourth-order valence-corrected chi connectivity index (χ4v) is 1.06. The zero-order valence-electron chi connectivity index (χ0n) is 4.90. The lowest BCUT2D eigenvalue weighted by molar-refractivity contribution is 0.598. The highest BCUT2D eigenvalue weighted by atomic mass is 32.2. The molecule has 0 spiro atoms. The van der Waals surface area contributed by atoms with Gasteiger partial charge in [0.25, 0.3) is 0 Å². The Morgan fingerprint density at radius 1 is 1.60 bits per heavy atom. The second kappa shape index (κ2) is 1.96. The summed E-state index contributed by atoms with van der Waals surface area (Å²) in [6.07, 6.45) is 1.06. The number of aromatic nitrogens is 2. The standard InChI is InChI=1S/C3H6N4O2S/c4-3-2(1-6-7-3)10(5,8)9/h1H,(H3,4,6,7)(H2,5,8,9). The third-order valence-electron chi connectivity index (χ3n) is 0.939. The lowest BCUT2D eigenvalue weighted by Gasteiger charge is -1.90. The summed E-state index contributed by atoms with van der Waals surface area (Å²) in [6.45, 7) is 0. The molecular weight excluding hydrogens is 156 g/mol. The molecule has 10 heavy (non-hydrogen) atoms. The van der Waals surface area contributed by atoms with Gasteiger partial charge in [-0.3, -0.25) is 5.10 Å². The molecule has 0 aliphatic carbocycles. The van der Waals surface area contributed by atoms with Crippen LogP contribution in [0.25, 0.3) is 0 Å². The summed E-state index contributed by atoms with van der Waals surface area (Å²) >= 11 is 0. The molecule has 1 rings (SSSR count). The van der Waals surface area contributed by atoms with Crippen molar-refractivity contribution >= 4 is 15.8 Å². The molecule has 1 aromatic rings. The molecule has 5 N–H and O–H groups in total. The van der Waals surface area contributed by atoms with Crippen LogP contribution in [0.4, 0.5) is 5.82 Å². The summed E-state index contributed by atoms with van der Waals surface area (Å²) in [5, 5.41) is 10.4. The van der Waals surface area contributed by atoms with Crippen LogP contribution >= 0.6 is 0 Å². The molecular formula is C3H6N4O2S. The van der Waals surface area contributed by atoms with Crippen molar-refractivity contribution < 1.29 is 8.42 Å². The van der Waals surface area contributed by atoms with Crippen LogP contribution in [0.1, 0.15) is 0 Å². The van der Waals surface area contributed by atoms with E-state index >= 15 is 0 Å².